The molecule has 1 aromatic carbocycles. The first-order valence-electron chi connectivity index (χ1n) is 5.24. The topological polar surface area (TPSA) is 38.1 Å². The first kappa shape index (κ1) is 12.0. The normalized spacial score (nSPS) is 11.0. The van der Waals surface area contributed by atoms with E-state index < -0.39 is 0 Å². The summed E-state index contributed by atoms with van der Waals surface area (Å²) in [5, 5.41) is 3.94. The molecule has 0 aliphatic rings. The van der Waals surface area contributed by atoms with Crippen molar-refractivity contribution in [1.82, 2.24) is 4.98 Å². The van der Waals surface area contributed by atoms with Crippen LogP contribution in [0, 0.1) is 0 Å². The lowest BCUT2D eigenvalue weighted by atomic mass is 10.3. The molecule has 0 amide bonds. The Morgan fingerprint density at radius 2 is 2.22 bits per heavy atom. The summed E-state index contributed by atoms with van der Waals surface area (Å²) in [4.78, 5) is 4.33. The number of nitrogens with one attached hydrogen (secondary N) is 1. The minimum Gasteiger partial charge on any atom is -0.452 e. The van der Waals surface area contributed by atoms with Crippen molar-refractivity contribution < 1.29 is 4.42 Å². The molecule has 0 radical (unpaired) electrons. The Morgan fingerprint density at radius 3 is 3.00 bits per heavy atom. The summed E-state index contributed by atoms with van der Waals surface area (Å²) in [6.07, 6.45) is 0. The fourth-order valence-electron chi connectivity index (χ4n) is 1.70. The quantitative estimate of drug-likeness (QED) is 0.733. The first-order valence-corrected chi connectivity index (χ1v) is 7.29. The van der Waals surface area contributed by atoms with Crippen LogP contribution in [0.5, 0.6) is 0 Å². The number of thiazole rings is 1. The molecule has 1 N–H and O–H groups in total. The van der Waals surface area contributed by atoms with E-state index in [1.807, 2.05) is 29.8 Å². The van der Waals surface area contributed by atoms with Gasteiger partial charge in [0.25, 0.3) is 0 Å². The molecule has 3 aromatic rings. The summed E-state index contributed by atoms with van der Waals surface area (Å²) < 4.78 is 7.27. The van der Waals surface area contributed by atoms with E-state index in [0.717, 1.165) is 26.3 Å². The second kappa shape index (κ2) is 4.91. The molecular formula is C12H8BrClN2OS. The molecule has 0 saturated carbocycles. The van der Waals surface area contributed by atoms with Crippen molar-refractivity contribution in [1.29, 1.82) is 0 Å². The number of furan rings is 1. The lowest BCUT2D eigenvalue weighted by Crippen LogP contribution is -1.99. The van der Waals surface area contributed by atoms with E-state index in [9.17, 15) is 0 Å². The molecule has 0 saturated heterocycles. The van der Waals surface area contributed by atoms with Crippen LogP contribution in [-0.2, 0) is 6.54 Å². The highest BCUT2D eigenvalue weighted by atomic mass is 79.9. The zero-order valence-electron chi connectivity index (χ0n) is 9.11. The Morgan fingerprint density at radius 1 is 1.33 bits per heavy atom. The van der Waals surface area contributed by atoms with Gasteiger partial charge < -0.3 is 9.73 Å². The third-order valence-electron chi connectivity index (χ3n) is 2.52. The molecule has 2 heterocycles. The van der Waals surface area contributed by atoms with Gasteiger partial charge in [-0.25, -0.2) is 4.98 Å². The minimum absolute atomic E-state index is 0.571. The third-order valence-corrected chi connectivity index (χ3v) is 4.06. The number of halogens is 2. The van der Waals surface area contributed by atoms with Gasteiger partial charge in [0.15, 0.2) is 4.67 Å². The molecule has 6 heteroatoms. The van der Waals surface area contributed by atoms with Crippen LogP contribution in [0.1, 0.15) is 5.76 Å². The van der Waals surface area contributed by atoms with Gasteiger partial charge in [-0.1, -0.05) is 11.6 Å². The zero-order valence-corrected chi connectivity index (χ0v) is 12.3. The van der Waals surface area contributed by atoms with E-state index in [1.54, 1.807) is 11.3 Å². The van der Waals surface area contributed by atoms with E-state index in [-0.39, 0.29) is 0 Å². The first-order chi connectivity index (χ1) is 8.74. The molecule has 0 bridgehead atoms. The average molecular weight is 344 g/mol. The van der Waals surface area contributed by atoms with Crippen LogP contribution in [0.3, 0.4) is 0 Å². The molecule has 18 heavy (non-hydrogen) atoms. The lowest BCUT2D eigenvalue weighted by Gasteiger charge is -2.07. The summed E-state index contributed by atoms with van der Waals surface area (Å²) in [5.41, 5.74) is 3.57. The Balaban J connectivity index is 1.89. The zero-order chi connectivity index (χ0) is 12.5. The summed E-state index contributed by atoms with van der Waals surface area (Å²) in [6.45, 7) is 0.571. The summed E-state index contributed by atoms with van der Waals surface area (Å²) >= 11 is 11.1. The highest BCUT2D eigenvalue weighted by Gasteiger charge is 2.09. The lowest BCUT2D eigenvalue weighted by molar-refractivity contribution is 0.495. The van der Waals surface area contributed by atoms with Crippen molar-refractivity contribution in [3.63, 3.8) is 0 Å². The van der Waals surface area contributed by atoms with E-state index in [1.165, 1.54) is 0 Å². The summed E-state index contributed by atoms with van der Waals surface area (Å²) in [5.74, 6) is 0.838. The largest absolute Gasteiger partial charge is 0.452 e. The van der Waals surface area contributed by atoms with Crippen molar-refractivity contribution in [3.05, 3.63) is 45.2 Å². The van der Waals surface area contributed by atoms with Crippen LogP contribution in [-0.4, -0.2) is 4.98 Å². The molecule has 3 rings (SSSR count). The molecule has 0 aliphatic carbocycles. The van der Waals surface area contributed by atoms with Gasteiger partial charge >= 0.3 is 0 Å². The van der Waals surface area contributed by atoms with Gasteiger partial charge in [0, 0.05) is 0 Å². The monoisotopic (exact) mass is 342 g/mol. The van der Waals surface area contributed by atoms with Crippen LogP contribution < -0.4 is 5.32 Å². The number of aromatic nitrogens is 1. The number of nitrogens with zero attached hydrogens (tertiary/aromatic N) is 1. The third kappa shape index (κ3) is 2.25. The number of anilines is 1. The maximum atomic E-state index is 6.19. The average Bonchev–Trinajstić information content (AvgIpc) is 2.96. The minimum atomic E-state index is 0.571. The number of hydrogen-bond acceptors (Lipinski definition) is 4. The van der Waals surface area contributed by atoms with Crippen molar-refractivity contribution in [3.8, 4) is 0 Å². The Bertz CT molecular complexity index is 694. The summed E-state index contributed by atoms with van der Waals surface area (Å²) in [6, 6.07) is 7.63. The second-order valence-corrected chi connectivity index (χ2v) is 5.76. The van der Waals surface area contributed by atoms with Gasteiger partial charge in [0.1, 0.15) is 11.3 Å². The maximum absolute atomic E-state index is 6.19. The van der Waals surface area contributed by atoms with E-state index >= 15 is 0 Å². The standard InChI is InChI=1S/C12H8BrClN2OS/c13-10-4-1-7(17-10)5-15-11-8(14)2-3-9-12(11)16-6-18-9/h1-4,6,15H,5H2. The van der Waals surface area contributed by atoms with E-state index in [2.05, 4.69) is 26.2 Å². The van der Waals surface area contributed by atoms with Gasteiger partial charge in [-0.2, -0.15) is 0 Å². The molecule has 0 fully saturated rings. The predicted molar refractivity (Wildman–Crippen MR) is 78.4 cm³/mol. The van der Waals surface area contributed by atoms with E-state index in [0.29, 0.717) is 11.6 Å². The molecular weight excluding hydrogens is 336 g/mol. The Hall–Kier alpha value is -1.04. The van der Waals surface area contributed by atoms with Crippen LogP contribution in [0.15, 0.2) is 38.9 Å². The number of hydrogen-bond donors (Lipinski definition) is 1. The SMILES string of the molecule is Clc1ccc2scnc2c1NCc1ccc(Br)o1. The molecule has 2 aromatic heterocycles. The van der Waals surface area contributed by atoms with Crippen LogP contribution in [0.25, 0.3) is 10.2 Å². The van der Waals surface area contributed by atoms with Crippen molar-refractivity contribution >= 4 is 54.8 Å². The maximum Gasteiger partial charge on any atom is 0.169 e. The van der Waals surface area contributed by atoms with Gasteiger partial charge in [-0.3, -0.25) is 0 Å². The molecule has 0 spiro atoms. The van der Waals surface area contributed by atoms with Crippen molar-refractivity contribution in [2.24, 2.45) is 0 Å². The molecule has 0 unspecified atom stereocenters. The fraction of sp³-hybridized carbons (Fsp3) is 0.0833. The van der Waals surface area contributed by atoms with Crippen LogP contribution in [0.2, 0.25) is 5.02 Å². The fourth-order valence-corrected chi connectivity index (χ4v) is 2.94. The molecule has 0 atom stereocenters. The highest BCUT2D eigenvalue weighted by Crippen LogP contribution is 2.32. The number of benzene rings is 1. The van der Waals surface area contributed by atoms with E-state index in [4.69, 9.17) is 16.0 Å². The second-order valence-electron chi connectivity index (χ2n) is 3.68. The van der Waals surface area contributed by atoms with Gasteiger partial charge in [0.2, 0.25) is 0 Å². The molecule has 3 nitrogen and oxygen atoms in total. The van der Waals surface area contributed by atoms with Gasteiger partial charge in [0.05, 0.1) is 27.5 Å². The molecule has 0 aliphatic heterocycles. The Kier molecular flexibility index (Phi) is 3.28. The van der Waals surface area contributed by atoms with Crippen molar-refractivity contribution in [2.45, 2.75) is 6.54 Å². The number of rotatable bonds is 3. The highest BCUT2D eigenvalue weighted by molar-refractivity contribution is 9.10. The number of fused-ring (bicyclic) bond motifs is 1. The van der Waals surface area contributed by atoms with Gasteiger partial charge in [-0.05, 0) is 40.2 Å². The van der Waals surface area contributed by atoms with Crippen LogP contribution >= 0.6 is 38.9 Å². The van der Waals surface area contributed by atoms with Crippen molar-refractivity contribution in [2.75, 3.05) is 5.32 Å². The summed E-state index contributed by atoms with van der Waals surface area (Å²) in [7, 11) is 0. The Labute approximate surface area is 121 Å². The van der Waals surface area contributed by atoms with Crippen LogP contribution in [0.4, 0.5) is 5.69 Å². The molecule has 92 valence electrons. The predicted octanol–water partition coefficient (Wildman–Crippen LogP) is 4.92. The van der Waals surface area contributed by atoms with Gasteiger partial charge in [-0.15, -0.1) is 11.3 Å². The smallest absolute Gasteiger partial charge is 0.169 e.